The predicted molar refractivity (Wildman–Crippen MR) is 113 cm³/mol. The van der Waals surface area contributed by atoms with Crippen molar-refractivity contribution in [3.8, 4) is 0 Å². The number of benzene rings is 1. The molecule has 1 aromatic rings. The third-order valence-electron chi connectivity index (χ3n) is 5.61. The standard InChI is InChI=1S/C19H24Cl3N3O4/c20-19(21,22)18(23-17(26)14-7-1-2-9-16(14)25(27)28)29-12-13-6-5-11-24-10-4-3-8-15(13)24/h1-2,7,9,13,15,18H,3-6,8,10-12H2,(H,23,26)/t13-,15-,18-/m1/s1. The molecule has 0 spiro atoms. The lowest BCUT2D eigenvalue weighted by Gasteiger charge is -2.44. The number of nitrogens with one attached hydrogen (secondary N) is 1. The second kappa shape index (κ2) is 9.79. The van der Waals surface area contributed by atoms with Crippen molar-refractivity contribution < 1.29 is 14.5 Å². The van der Waals surface area contributed by atoms with Crippen molar-refractivity contribution in [1.29, 1.82) is 0 Å². The van der Waals surface area contributed by atoms with Gasteiger partial charge < -0.3 is 15.0 Å². The van der Waals surface area contributed by atoms with Gasteiger partial charge in [0.15, 0.2) is 6.23 Å². The smallest absolute Gasteiger partial charge is 0.282 e. The van der Waals surface area contributed by atoms with E-state index in [0.29, 0.717) is 18.6 Å². The quantitative estimate of drug-likeness (QED) is 0.294. The van der Waals surface area contributed by atoms with Crippen molar-refractivity contribution in [3.63, 3.8) is 0 Å². The molecule has 0 unspecified atom stereocenters. The molecule has 3 atom stereocenters. The minimum absolute atomic E-state index is 0.114. The Kier molecular flexibility index (Phi) is 7.62. The van der Waals surface area contributed by atoms with Crippen LogP contribution in [0, 0.1) is 16.0 Å². The van der Waals surface area contributed by atoms with Crippen molar-refractivity contribution >= 4 is 46.4 Å². The van der Waals surface area contributed by atoms with E-state index in [-0.39, 0.29) is 11.3 Å². The number of amides is 1. The van der Waals surface area contributed by atoms with Gasteiger partial charge in [0.1, 0.15) is 5.56 Å². The van der Waals surface area contributed by atoms with Crippen molar-refractivity contribution in [2.75, 3.05) is 19.7 Å². The summed E-state index contributed by atoms with van der Waals surface area (Å²) in [6.07, 6.45) is 4.41. The minimum Gasteiger partial charge on any atom is -0.354 e. The van der Waals surface area contributed by atoms with E-state index >= 15 is 0 Å². The predicted octanol–water partition coefficient (Wildman–Crippen LogP) is 4.30. The highest BCUT2D eigenvalue weighted by molar-refractivity contribution is 6.68. The van der Waals surface area contributed by atoms with Gasteiger partial charge >= 0.3 is 0 Å². The molecule has 160 valence electrons. The van der Waals surface area contributed by atoms with Crippen LogP contribution >= 0.6 is 34.8 Å². The lowest BCUT2D eigenvalue weighted by atomic mass is 9.84. The number of piperidine rings is 2. The average molecular weight is 465 g/mol. The van der Waals surface area contributed by atoms with Gasteiger partial charge in [-0.2, -0.15) is 0 Å². The lowest BCUT2D eigenvalue weighted by Crippen LogP contribution is -2.51. The first kappa shape index (κ1) is 22.6. The number of nitro groups is 1. The summed E-state index contributed by atoms with van der Waals surface area (Å²) in [5.41, 5.74) is -0.435. The molecule has 29 heavy (non-hydrogen) atoms. The molecule has 10 heteroatoms. The Morgan fingerprint density at radius 2 is 1.97 bits per heavy atom. The fourth-order valence-corrected chi connectivity index (χ4v) is 4.58. The summed E-state index contributed by atoms with van der Waals surface area (Å²) in [5, 5.41) is 13.7. The zero-order chi connectivity index (χ0) is 21.0. The van der Waals surface area contributed by atoms with Gasteiger partial charge in [-0.15, -0.1) is 0 Å². The number of alkyl halides is 3. The van der Waals surface area contributed by atoms with E-state index in [1.54, 1.807) is 0 Å². The number of halogens is 3. The van der Waals surface area contributed by atoms with Gasteiger partial charge in [-0.1, -0.05) is 53.4 Å². The molecule has 3 rings (SSSR count). The maximum atomic E-state index is 12.6. The van der Waals surface area contributed by atoms with Crippen molar-refractivity contribution in [2.24, 2.45) is 5.92 Å². The molecule has 7 nitrogen and oxygen atoms in total. The Labute approximate surface area is 184 Å². The summed E-state index contributed by atoms with van der Waals surface area (Å²) < 4.78 is 3.95. The molecular formula is C19H24Cl3N3O4. The molecule has 0 aromatic heterocycles. The van der Waals surface area contributed by atoms with Gasteiger partial charge in [0.25, 0.3) is 11.6 Å². The van der Waals surface area contributed by atoms with Crippen molar-refractivity contribution in [1.82, 2.24) is 10.2 Å². The van der Waals surface area contributed by atoms with Gasteiger partial charge in [0.2, 0.25) is 3.79 Å². The van der Waals surface area contributed by atoms with Gasteiger partial charge in [-0.3, -0.25) is 14.9 Å². The lowest BCUT2D eigenvalue weighted by molar-refractivity contribution is -0.385. The van der Waals surface area contributed by atoms with Crippen LogP contribution in [0.4, 0.5) is 5.69 Å². The Balaban J connectivity index is 1.67. The van der Waals surface area contributed by atoms with E-state index in [0.717, 1.165) is 32.4 Å². The zero-order valence-electron chi connectivity index (χ0n) is 15.9. The molecule has 0 aliphatic carbocycles. The minimum atomic E-state index is -1.92. The molecule has 2 aliphatic rings. The molecule has 0 saturated carbocycles. The molecular weight excluding hydrogens is 441 g/mol. The van der Waals surface area contributed by atoms with E-state index in [1.807, 2.05) is 0 Å². The number of carbonyl (C=O) groups is 1. The number of ether oxygens (including phenoxy) is 1. The Hall–Kier alpha value is -1.12. The third kappa shape index (κ3) is 5.73. The van der Waals surface area contributed by atoms with Crippen LogP contribution in [0.25, 0.3) is 0 Å². The van der Waals surface area contributed by atoms with Gasteiger partial charge in [0, 0.05) is 12.1 Å². The summed E-state index contributed by atoms with van der Waals surface area (Å²) in [6, 6.07) is 6.06. The van der Waals surface area contributed by atoms with E-state index in [1.165, 1.54) is 37.1 Å². The molecule has 1 N–H and O–H groups in total. The average Bonchev–Trinajstić information content (AvgIpc) is 2.70. The van der Waals surface area contributed by atoms with Crippen LogP contribution in [0.5, 0.6) is 0 Å². The SMILES string of the molecule is O=C(N[C@H](OC[C@H]1CCCN2CCCC[C@H]12)C(Cl)(Cl)Cl)c1ccccc1[N+](=O)[O-]. The van der Waals surface area contributed by atoms with Gasteiger partial charge in [0.05, 0.1) is 11.5 Å². The van der Waals surface area contributed by atoms with E-state index in [2.05, 4.69) is 10.2 Å². The van der Waals surface area contributed by atoms with Crippen molar-refractivity contribution in [3.05, 3.63) is 39.9 Å². The molecule has 2 heterocycles. The number of carbonyl (C=O) groups excluding carboxylic acids is 1. The highest BCUT2D eigenvalue weighted by atomic mass is 35.6. The number of hydrogen-bond acceptors (Lipinski definition) is 5. The number of para-hydroxylation sites is 1. The largest absolute Gasteiger partial charge is 0.354 e. The van der Waals surface area contributed by atoms with E-state index < -0.39 is 20.9 Å². The normalized spacial score (nSPS) is 23.8. The number of rotatable bonds is 6. The van der Waals surface area contributed by atoms with Crippen LogP contribution < -0.4 is 5.32 Å². The summed E-state index contributed by atoms with van der Waals surface area (Å²) in [6.45, 7) is 2.55. The molecule has 0 bridgehead atoms. The highest BCUT2D eigenvalue weighted by Crippen LogP contribution is 2.35. The zero-order valence-corrected chi connectivity index (χ0v) is 18.1. The van der Waals surface area contributed by atoms with Crippen LogP contribution in [0.3, 0.4) is 0 Å². The first-order valence-electron chi connectivity index (χ1n) is 9.74. The first-order valence-corrected chi connectivity index (χ1v) is 10.9. The molecule has 2 aliphatic heterocycles. The van der Waals surface area contributed by atoms with E-state index in [9.17, 15) is 14.9 Å². The number of nitrogens with zero attached hydrogens (tertiary/aromatic N) is 2. The maximum Gasteiger partial charge on any atom is 0.282 e. The summed E-state index contributed by atoms with van der Waals surface area (Å²) >= 11 is 18.1. The van der Waals surface area contributed by atoms with Crippen LogP contribution in [0.2, 0.25) is 0 Å². The number of nitro benzene ring substituents is 1. The molecule has 1 aromatic carbocycles. The fraction of sp³-hybridized carbons (Fsp3) is 0.632. The maximum absolute atomic E-state index is 12.6. The fourth-order valence-electron chi connectivity index (χ4n) is 4.23. The van der Waals surface area contributed by atoms with Gasteiger partial charge in [-0.25, -0.2) is 0 Å². The summed E-state index contributed by atoms with van der Waals surface area (Å²) in [5.74, 6) is -0.432. The second-order valence-corrected chi connectivity index (χ2v) is 9.87. The second-order valence-electron chi connectivity index (χ2n) is 7.50. The Bertz CT molecular complexity index is 742. The number of hydrogen-bond donors (Lipinski definition) is 1. The van der Waals surface area contributed by atoms with Crippen LogP contribution in [0.15, 0.2) is 24.3 Å². The topological polar surface area (TPSA) is 84.7 Å². The Morgan fingerprint density at radius 1 is 1.24 bits per heavy atom. The van der Waals surface area contributed by atoms with Crippen molar-refractivity contribution in [2.45, 2.75) is 48.2 Å². The highest BCUT2D eigenvalue weighted by Gasteiger charge is 2.39. The molecule has 2 fully saturated rings. The van der Waals surface area contributed by atoms with Crippen LogP contribution in [-0.2, 0) is 4.74 Å². The third-order valence-corrected chi connectivity index (χ3v) is 6.21. The van der Waals surface area contributed by atoms with Crippen LogP contribution in [-0.4, -0.2) is 51.5 Å². The summed E-state index contributed by atoms with van der Waals surface area (Å²) in [4.78, 5) is 25.7. The van der Waals surface area contributed by atoms with E-state index in [4.69, 9.17) is 39.5 Å². The monoisotopic (exact) mass is 463 g/mol. The van der Waals surface area contributed by atoms with Gasteiger partial charge in [-0.05, 0) is 50.8 Å². The molecule has 1 amide bonds. The Morgan fingerprint density at radius 3 is 2.69 bits per heavy atom. The molecule has 2 saturated heterocycles. The molecule has 0 radical (unpaired) electrons. The first-order chi connectivity index (χ1) is 13.8. The number of fused-ring (bicyclic) bond motifs is 1. The summed E-state index contributed by atoms with van der Waals surface area (Å²) in [7, 11) is 0. The van der Waals surface area contributed by atoms with Crippen LogP contribution in [0.1, 0.15) is 42.5 Å².